The molecule has 3 heteroatoms. The number of nitrogens with zero attached hydrogens (tertiary/aromatic N) is 1. The van der Waals surface area contributed by atoms with Gasteiger partial charge >= 0.3 is 0 Å². The van der Waals surface area contributed by atoms with Gasteiger partial charge in [0.25, 0.3) is 0 Å². The lowest BCUT2D eigenvalue weighted by atomic mass is 10.0. The minimum absolute atomic E-state index is 0. The first kappa shape index (κ1) is 20.0. The molecule has 0 saturated heterocycles. The molecule has 3 aromatic carbocycles. The molecule has 0 heterocycles. The molecular weight excluding hydrogens is 342 g/mol. The smallest absolute Gasteiger partial charge is 0.123 e. The molecule has 0 unspecified atom stereocenters. The van der Waals surface area contributed by atoms with Gasteiger partial charge in [-0.15, -0.1) is 12.4 Å². The van der Waals surface area contributed by atoms with Crippen LogP contribution in [-0.2, 0) is 19.6 Å². The zero-order valence-corrected chi connectivity index (χ0v) is 16.2. The molecule has 1 N–H and O–H groups in total. The van der Waals surface area contributed by atoms with E-state index >= 15 is 0 Å². The highest BCUT2D eigenvalue weighted by Gasteiger charge is 2.13. The molecule has 0 radical (unpaired) electrons. The van der Waals surface area contributed by atoms with Crippen LogP contribution >= 0.6 is 12.4 Å². The van der Waals surface area contributed by atoms with Crippen LogP contribution in [0.25, 0.3) is 0 Å². The van der Waals surface area contributed by atoms with Gasteiger partial charge in [0.2, 0.25) is 0 Å². The van der Waals surface area contributed by atoms with E-state index in [1.165, 1.54) is 11.1 Å². The summed E-state index contributed by atoms with van der Waals surface area (Å²) in [7, 11) is 0. The molecule has 0 atom stereocenters. The molecule has 136 valence electrons. The lowest BCUT2D eigenvalue weighted by molar-refractivity contribution is 0.244. The summed E-state index contributed by atoms with van der Waals surface area (Å²) < 4.78 is 0. The molecule has 0 aliphatic heterocycles. The monoisotopic (exact) mass is 367 g/mol. The number of halogens is 1. The predicted octanol–water partition coefficient (Wildman–Crippen LogP) is 5.63. The number of phenols is 1. The van der Waals surface area contributed by atoms with E-state index in [9.17, 15) is 5.11 Å². The third kappa shape index (κ3) is 5.10. The Morgan fingerprint density at radius 1 is 0.692 bits per heavy atom. The van der Waals surface area contributed by atoms with Crippen LogP contribution in [-0.4, -0.2) is 10.0 Å². The first-order chi connectivity index (χ1) is 12.1. The van der Waals surface area contributed by atoms with Gasteiger partial charge < -0.3 is 5.11 Å². The first-order valence-electron chi connectivity index (χ1n) is 8.72. The van der Waals surface area contributed by atoms with Crippen molar-refractivity contribution in [3.05, 3.63) is 101 Å². The van der Waals surface area contributed by atoms with Crippen LogP contribution in [0.15, 0.2) is 72.8 Å². The molecule has 0 aliphatic carbocycles. The second-order valence-corrected chi connectivity index (χ2v) is 6.63. The molecule has 3 aromatic rings. The largest absolute Gasteiger partial charge is 0.507 e. The Hall–Kier alpha value is -2.29. The fourth-order valence-electron chi connectivity index (χ4n) is 3.08. The van der Waals surface area contributed by atoms with Gasteiger partial charge in [0.15, 0.2) is 0 Å². The molecule has 0 spiro atoms. The van der Waals surface area contributed by atoms with Crippen molar-refractivity contribution in [3.63, 3.8) is 0 Å². The second kappa shape index (κ2) is 9.42. The SMILES string of the molecule is Cc1ccc(CN(Cc2ccccc2)Cc2ccccc2)c(O)c1C.Cl. The highest BCUT2D eigenvalue weighted by atomic mass is 35.5. The Labute approximate surface area is 162 Å². The molecule has 2 nitrogen and oxygen atoms in total. The van der Waals surface area contributed by atoms with Crippen LogP contribution in [0.4, 0.5) is 0 Å². The van der Waals surface area contributed by atoms with Crippen molar-refractivity contribution in [1.82, 2.24) is 4.90 Å². The Morgan fingerprint density at radius 2 is 1.19 bits per heavy atom. The Bertz CT molecular complexity index is 777. The summed E-state index contributed by atoms with van der Waals surface area (Å²) in [6.07, 6.45) is 0. The summed E-state index contributed by atoms with van der Waals surface area (Å²) in [4.78, 5) is 2.37. The second-order valence-electron chi connectivity index (χ2n) is 6.63. The first-order valence-corrected chi connectivity index (χ1v) is 8.72. The Kier molecular flexibility index (Phi) is 7.26. The normalized spacial score (nSPS) is 10.6. The van der Waals surface area contributed by atoms with E-state index in [-0.39, 0.29) is 12.4 Å². The molecule has 0 saturated carbocycles. The number of aromatic hydroxyl groups is 1. The Morgan fingerprint density at radius 3 is 1.69 bits per heavy atom. The van der Waals surface area contributed by atoms with E-state index in [0.29, 0.717) is 5.75 Å². The van der Waals surface area contributed by atoms with Gasteiger partial charge in [-0.1, -0.05) is 72.8 Å². The minimum atomic E-state index is 0. The third-order valence-corrected chi connectivity index (χ3v) is 4.68. The molecule has 0 aromatic heterocycles. The minimum Gasteiger partial charge on any atom is -0.507 e. The predicted molar refractivity (Wildman–Crippen MR) is 111 cm³/mol. The molecule has 3 rings (SSSR count). The van der Waals surface area contributed by atoms with Crippen molar-refractivity contribution < 1.29 is 5.11 Å². The quantitative estimate of drug-likeness (QED) is 0.610. The van der Waals surface area contributed by atoms with E-state index < -0.39 is 0 Å². The van der Waals surface area contributed by atoms with Crippen molar-refractivity contribution in [3.8, 4) is 5.75 Å². The zero-order chi connectivity index (χ0) is 17.6. The van der Waals surface area contributed by atoms with Crippen LogP contribution < -0.4 is 0 Å². The van der Waals surface area contributed by atoms with Crippen LogP contribution in [0.2, 0.25) is 0 Å². The summed E-state index contributed by atoms with van der Waals surface area (Å²) >= 11 is 0. The maximum Gasteiger partial charge on any atom is 0.123 e. The van der Waals surface area contributed by atoms with Gasteiger partial charge in [0.05, 0.1) is 0 Å². The molecular formula is C23H26ClNO. The maximum atomic E-state index is 10.5. The summed E-state index contributed by atoms with van der Waals surface area (Å²) in [5, 5.41) is 10.5. The van der Waals surface area contributed by atoms with E-state index in [1.54, 1.807) is 0 Å². The molecule has 0 aliphatic rings. The van der Waals surface area contributed by atoms with Crippen molar-refractivity contribution in [2.45, 2.75) is 33.5 Å². The van der Waals surface area contributed by atoms with E-state index in [1.807, 2.05) is 32.0 Å². The Balaban J connectivity index is 0.00000243. The molecule has 0 bridgehead atoms. The third-order valence-electron chi connectivity index (χ3n) is 4.68. The number of phenolic OH excluding ortho intramolecular Hbond substituents is 1. The fourth-order valence-corrected chi connectivity index (χ4v) is 3.08. The number of hydrogen-bond acceptors (Lipinski definition) is 2. The van der Waals surface area contributed by atoms with Gasteiger partial charge in [-0.2, -0.15) is 0 Å². The maximum absolute atomic E-state index is 10.5. The highest BCUT2D eigenvalue weighted by Crippen LogP contribution is 2.27. The number of rotatable bonds is 6. The number of benzene rings is 3. The average Bonchev–Trinajstić information content (AvgIpc) is 2.64. The van der Waals surface area contributed by atoms with Crippen LogP contribution in [0.5, 0.6) is 5.75 Å². The van der Waals surface area contributed by atoms with Crippen molar-refractivity contribution in [1.29, 1.82) is 0 Å². The topological polar surface area (TPSA) is 23.5 Å². The summed E-state index contributed by atoms with van der Waals surface area (Å²) in [6, 6.07) is 25.1. The average molecular weight is 368 g/mol. The number of aryl methyl sites for hydroxylation is 1. The van der Waals surface area contributed by atoms with E-state index in [0.717, 1.165) is 36.3 Å². The van der Waals surface area contributed by atoms with Crippen LogP contribution in [0.3, 0.4) is 0 Å². The van der Waals surface area contributed by atoms with Gasteiger partial charge in [0.1, 0.15) is 5.75 Å². The standard InChI is InChI=1S/C23H25NO.ClH/c1-18-13-14-22(23(25)19(18)2)17-24(15-20-9-5-3-6-10-20)16-21-11-7-4-8-12-21;/h3-14,25H,15-17H2,1-2H3;1H. The van der Waals surface area contributed by atoms with Crippen LogP contribution in [0, 0.1) is 13.8 Å². The highest BCUT2D eigenvalue weighted by molar-refractivity contribution is 5.85. The summed E-state index contributed by atoms with van der Waals surface area (Å²) in [5.74, 6) is 0.422. The van der Waals surface area contributed by atoms with Crippen molar-refractivity contribution in [2.75, 3.05) is 0 Å². The summed E-state index contributed by atoms with van der Waals surface area (Å²) in [6.45, 7) is 6.43. The van der Waals surface area contributed by atoms with Crippen molar-refractivity contribution >= 4 is 12.4 Å². The van der Waals surface area contributed by atoms with Gasteiger partial charge in [0, 0.05) is 25.2 Å². The van der Waals surface area contributed by atoms with Crippen LogP contribution in [0.1, 0.15) is 27.8 Å². The van der Waals surface area contributed by atoms with E-state index in [2.05, 4.69) is 59.5 Å². The summed E-state index contributed by atoms with van der Waals surface area (Å²) in [5.41, 5.74) is 5.63. The lowest BCUT2D eigenvalue weighted by Gasteiger charge is -2.24. The zero-order valence-electron chi connectivity index (χ0n) is 15.4. The van der Waals surface area contributed by atoms with E-state index in [4.69, 9.17) is 0 Å². The molecule has 26 heavy (non-hydrogen) atoms. The molecule has 0 amide bonds. The van der Waals surface area contributed by atoms with Gasteiger partial charge in [-0.05, 0) is 36.1 Å². The number of hydrogen-bond donors (Lipinski definition) is 1. The molecule has 0 fully saturated rings. The van der Waals surface area contributed by atoms with Gasteiger partial charge in [-0.3, -0.25) is 4.90 Å². The van der Waals surface area contributed by atoms with Crippen molar-refractivity contribution in [2.24, 2.45) is 0 Å². The van der Waals surface area contributed by atoms with Gasteiger partial charge in [-0.25, -0.2) is 0 Å². The fraction of sp³-hybridized carbons (Fsp3) is 0.217. The lowest BCUT2D eigenvalue weighted by Crippen LogP contribution is -2.22.